The predicted octanol–water partition coefficient (Wildman–Crippen LogP) is 4.69. The zero-order valence-electron chi connectivity index (χ0n) is 17.2. The Kier molecular flexibility index (Phi) is 7.78. The molecule has 0 spiro atoms. The van der Waals surface area contributed by atoms with Gasteiger partial charge in [-0.3, -0.25) is 4.79 Å². The highest BCUT2D eigenvalue weighted by Crippen LogP contribution is 2.16. The number of rotatable bonds is 9. The molecule has 0 saturated heterocycles. The molecule has 0 radical (unpaired) electrons. The van der Waals surface area contributed by atoms with E-state index in [-0.39, 0.29) is 5.91 Å². The molecule has 0 aromatic heterocycles. The number of hydrazone groups is 1. The van der Waals surface area contributed by atoms with Crippen molar-refractivity contribution in [2.45, 2.75) is 20.0 Å². The number of hydrogen-bond acceptors (Lipinski definition) is 5. The molecule has 3 rings (SSSR count). The molecule has 0 unspecified atom stereocenters. The van der Waals surface area contributed by atoms with Gasteiger partial charge in [0.05, 0.1) is 24.5 Å². The number of hydrogen-bond donors (Lipinski definition) is 1. The number of carbonyl (C=O) groups excluding carboxylic acids is 1. The van der Waals surface area contributed by atoms with Gasteiger partial charge in [-0.2, -0.15) is 10.4 Å². The number of amides is 1. The monoisotopic (exact) mass is 413 g/mol. The molecule has 1 N–H and O–H groups in total. The molecule has 0 heterocycles. The Hall–Kier alpha value is -4.11. The number of nitrogens with zero attached hydrogens (tertiary/aromatic N) is 2. The van der Waals surface area contributed by atoms with Crippen LogP contribution in [0.4, 0.5) is 0 Å². The van der Waals surface area contributed by atoms with Gasteiger partial charge in [0, 0.05) is 11.1 Å². The normalized spacial score (nSPS) is 10.5. The van der Waals surface area contributed by atoms with E-state index in [0.717, 1.165) is 23.3 Å². The lowest BCUT2D eigenvalue weighted by molar-refractivity contribution is 0.0955. The summed E-state index contributed by atoms with van der Waals surface area (Å²) in [6.07, 6.45) is 2.48. The van der Waals surface area contributed by atoms with Crippen molar-refractivity contribution >= 4 is 12.1 Å². The average Bonchev–Trinajstić information content (AvgIpc) is 2.82. The van der Waals surface area contributed by atoms with Gasteiger partial charge in [-0.1, -0.05) is 37.3 Å². The predicted molar refractivity (Wildman–Crippen MR) is 119 cm³/mol. The van der Waals surface area contributed by atoms with Gasteiger partial charge in [0.25, 0.3) is 5.91 Å². The van der Waals surface area contributed by atoms with Crippen LogP contribution in [-0.2, 0) is 6.61 Å². The lowest BCUT2D eigenvalue weighted by Crippen LogP contribution is -2.17. The maximum atomic E-state index is 12.2. The first-order chi connectivity index (χ1) is 15.2. The summed E-state index contributed by atoms with van der Waals surface area (Å²) in [6, 6.07) is 23.7. The minimum absolute atomic E-state index is 0.291. The summed E-state index contributed by atoms with van der Waals surface area (Å²) in [7, 11) is 0. The number of nitrogens with one attached hydrogen (secondary N) is 1. The van der Waals surface area contributed by atoms with E-state index in [0.29, 0.717) is 30.1 Å². The third-order valence-electron chi connectivity index (χ3n) is 4.36. The summed E-state index contributed by atoms with van der Waals surface area (Å²) in [5.74, 6) is 1.07. The summed E-state index contributed by atoms with van der Waals surface area (Å²) in [6.45, 7) is 2.97. The Morgan fingerprint density at radius 2 is 1.84 bits per heavy atom. The molecule has 0 aliphatic heterocycles. The van der Waals surface area contributed by atoms with Gasteiger partial charge in [0.1, 0.15) is 18.1 Å². The molecule has 0 saturated carbocycles. The number of ether oxygens (including phenoxy) is 2. The van der Waals surface area contributed by atoms with Crippen LogP contribution in [0.3, 0.4) is 0 Å². The molecule has 156 valence electrons. The van der Waals surface area contributed by atoms with Crippen molar-refractivity contribution in [2.24, 2.45) is 5.10 Å². The third kappa shape index (κ3) is 6.44. The van der Waals surface area contributed by atoms with Gasteiger partial charge in [0.15, 0.2) is 0 Å². The highest BCUT2D eigenvalue weighted by molar-refractivity contribution is 5.95. The first-order valence-electron chi connectivity index (χ1n) is 9.96. The van der Waals surface area contributed by atoms with E-state index in [1.165, 1.54) is 0 Å². The second kappa shape index (κ2) is 11.2. The number of benzene rings is 3. The molecule has 1 amide bonds. The number of carbonyl (C=O) groups is 1. The quantitative estimate of drug-likeness (QED) is 0.407. The number of nitriles is 1. The molecule has 6 heteroatoms. The molecule has 3 aromatic carbocycles. The van der Waals surface area contributed by atoms with Crippen molar-refractivity contribution < 1.29 is 14.3 Å². The van der Waals surface area contributed by atoms with Crippen LogP contribution < -0.4 is 14.9 Å². The van der Waals surface area contributed by atoms with E-state index in [4.69, 9.17) is 14.7 Å². The van der Waals surface area contributed by atoms with Crippen LogP contribution in [-0.4, -0.2) is 18.7 Å². The van der Waals surface area contributed by atoms with E-state index < -0.39 is 0 Å². The topological polar surface area (TPSA) is 83.7 Å². The molecule has 0 aliphatic carbocycles. The SMILES string of the molecule is CCCOc1ccc(C(=O)N/N=C\c2cccc(OCc3ccccc3C#N)c2)cc1. The largest absolute Gasteiger partial charge is 0.494 e. The second-order valence-corrected chi connectivity index (χ2v) is 6.70. The molecular weight excluding hydrogens is 390 g/mol. The minimum atomic E-state index is -0.307. The zero-order chi connectivity index (χ0) is 21.9. The zero-order valence-corrected chi connectivity index (χ0v) is 17.2. The fourth-order valence-electron chi connectivity index (χ4n) is 2.75. The highest BCUT2D eigenvalue weighted by Gasteiger charge is 2.05. The molecule has 6 nitrogen and oxygen atoms in total. The standard InChI is InChI=1S/C25H23N3O3/c1-2-14-30-23-12-10-20(11-13-23)25(29)28-27-17-19-6-5-9-24(15-19)31-18-22-8-4-3-7-21(22)16-26/h3-13,15,17H,2,14,18H2,1H3,(H,28,29)/b27-17-. The molecule has 31 heavy (non-hydrogen) atoms. The van der Waals surface area contributed by atoms with Crippen molar-refractivity contribution in [3.8, 4) is 17.6 Å². The van der Waals surface area contributed by atoms with Crippen molar-refractivity contribution in [3.05, 3.63) is 95.1 Å². The summed E-state index contributed by atoms with van der Waals surface area (Å²) in [5.41, 5.74) is 5.20. The maximum Gasteiger partial charge on any atom is 0.271 e. The van der Waals surface area contributed by atoms with Crippen LogP contribution in [0.1, 0.15) is 40.4 Å². The van der Waals surface area contributed by atoms with Gasteiger partial charge in [-0.05, 0) is 54.4 Å². The van der Waals surface area contributed by atoms with E-state index >= 15 is 0 Å². The van der Waals surface area contributed by atoms with E-state index in [1.54, 1.807) is 36.5 Å². The van der Waals surface area contributed by atoms with Crippen LogP contribution in [0.25, 0.3) is 0 Å². The smallest absolute Gasteiger partial charge is 0.271 e. The van der Waals surface area contributed by atoms with E-state index in [1.807, 2.05) is 49.4 Å². The summed E-state index contributed by atoms with van der Waals surface area (Å²) in [5, 5.41) is 13.2. The first kappa shape index (κ1) is 21.6. The molecule has 0 atom stereocenters. The van der Waals surface area contributed by atoms with E-state index in [9.17, 15) is 4.79 Å². The van der Waals surface area contributed by atoms with Crippen LogP contribution in [0.2, 0.25) is 0 Å². The third-order valence-corrected chi connectivity index (χ3v) is 4.36. The maximum absolute atomic E-state index is 12.2. The van der Waals surface area contributed by atoms with Gasteiger partial charge >= 0.3 is 0 Å². The van der Waals surface area contributed by atoms with Crippen LogP contribution >= 0.6 is 0 Å². The first-order valence-corrected chi connectivity index (χ1v) is 9.96. The molecule has 0 aliphatic rings. The summed E-state index contributed by atoms with van der Waals surface area (Å²) in [4.78, 5) is 12.2. The van der Waals surface area contributed by atoms with Crippen LogP contribution in [0.5, 0.6) is 11.5 Å². The van der Waals surface area contributed by atoms with E-state index in [2.05, 4.69) is 16.6 Å². The Morgan fingerprint density at radius 3 is 2.61 bits per heavy atom. The van der Waals surface area contributed by atoms with Crippen molar-refractivity contribution in [1.82, 2.24) is 5.43 Å². The second-order valence-electron chi connectivity index (χ2n) is 6.70. The fraction of sp³-hybridized carbons (Fsp3) is 0.160. The summed E-state index contributed by atoms with van der Waals surface area (Å²) < 4.78 is 11.3. The Labute approximate surface area is 181 Å². The lowest BCUT2D eigenvalue weighted by atomic mass is 10.1. The van der Waals surface area contributed by atoms with Crippen molar-refractivity contribution in [1.29, 1.82) is 5.26 Å². The average molecular weight is 413 g/mol. The van der Waals surface area contributed by atoms with Crippen LogP contribution in [0.15, 0.2) is 77.9 Å². The van der Waals surface area contributed by atoms with Gasteiger partial charge in [0.2, 0.25) is 0 Å². The van der Waals surface area contributed by atoms with Crippen LogP contribution in [0, 0.1) is 11.3 Å². The van der Waals surface area contributed by atoms with Crippen molar-refractivity contribution in [2.75, 3.05) is 6.61 Å². The molecule has 3 aromatic rings. The Balaban J connectivity index is 1.55. The Bertz CT molecular complexity index is 1090. The van der Waals surface area contributed by atoms with Gasteiger partial charge in [-0.25, -0.2) is 5.43 Å². The molecular formula is C25H23N3O3. The van der Waals surface area contributed by atoms with Crippen molar-refractivity contribution in [3.63, 3.8) is 0 Å². The lowest BCUT2D eigenvalue weighted by Gasteiger charge is -2.08. The van der Waals surface area contributed by atoms with Gasteiger partial charge < -0.3 is 9.47 Å². The minimum Gasteiger partial charge on any atom is -0.494 e. The fourth-order valence-corrected chi connectivity index (χ4v) is 2.75. The highest BCUT2D eigenvalue weighted by atomic mass is 16.5. The Morgan fingerprint density at radius 1 is 1.03 bits per heavy atom. The van der Waals surface area contributed by atoms with Gasteiger partial charge in [-0.15, -0.1) is 0 Å². The summed E-state index contributed by atoms with van der Waals surface area (Å²) >= 11 is 0. The molecule has 0 bridgehead atoms. The molecule has 0 fully saturated rings.